The zero-order valence-electron chi connectivity index (χ0n) is 10.5. The largest absolute Gasteiger partial charge is 0.508 e. The molecule has 2 N–H and O–H groups in total. The Bertz CT molecular complexity index is 625. The first-order valence-electron chi connectivity index (χ1n) is 5.67. The number of aromatic nitrogens is 1. The van der Waals surface area contributed by atoms with Crippen LogP contribution in [0.4, 0.5) is 4.39 Å². The maximum Gasteiger partial charge on any atom is 0.254 e. The molecule has 0 radical (unpaired) electrons. The lowest BCUT2D eigenvalue weighted by molar-refractivity contribution is 0.0946. The van der Waals surface area contributed by atoms with E-state index in [-0.39, 0.29) is 17.9 Å². The molecule has 0 aliphatic rings. The van der Waals surface area contributed by atoms with Crippen molar-refractivity contribution < 1.29 is 14.3 Å². The van der Waals surface area contributed by atoms with Crippen molar-refractivity contribution in [3.05, 3.63) is 45.2 Å². The van der Waals surface area contributed by atoms with Crippen LogP contribution >= 0.6 is 11.3 Å². The van der Waals surface area contributed by atoms with Crippen LogP contribution in [0.15, 0.2) is 18.2 Å². The molecule has 0 bridgehead atoms. The number of phenols is 1. The van der Waals surface area contributed by atoms with Gasteiger partial charge in [-0.05, 0) is 26.0 Å². The van der Waals surface area contributed by atoms with Gasteiger partial charge in [0.15, 0.2) is 0 Å². The number of benzene rings is 1. The zero-order chi connectivity index (χ0) is 14.0. The molecule has 0 unspecified atom stereocenters. The fraction of sp³-hybridized carbons (Fsp3) is 0.231. The Labute approximate surface area is 113 Å². The summed E-state index contributed by atoms with van der Waals surface area (Å²) >= 11 is 1.55. The lowest BCUT2D eigenvalue weighted by Crippen LogP contribution is -2.24. The standard InChI is InChI=1S/C13H13FN2O2S/c1-7-12(16-8(2)19-7)6-15-13(18)10-4-3-9(17)5-11(10)14/h3-5,17H,6H2,1-2H3,(H,15,18). The number of rotatable bonds is 3. The molecule has 19 heavy (non-hydrogen) atoms. The zero-order valence-corrected chi connectivity index (χ0v) is 11.3. The van der Waals surface area contributed by atoms with Crippen LogP contribution in [0.3, 0.4) is 0 Å². The van der Waals surface area contributed by atoms with E-state index >= 15 is 0 Å². The van der Waals surface area contributed by atoms with Gasteiger partial charge >= 0.3 is 0 Å². The van der Waals surface area contributed by atoms with Gasteiger partial charge in [-0.1, -0.05) is 0 Å². The molecule has 4 nitrogen and oxygen atoms in total. The summed E-state index contributed by atoms with van der Waals surface area (Å²) in [6, 6.07) is 3.43. The van der Waals surface area contributed by atoms with Crippen LogP contribution in [0.5, 0.6) is 5.75 Å². The maximum atomic E-state index is 13.5. The van der Waals surface area contributed by atoms with Gasteiger partial charge in [0, 0.05) is 10.9 Å². The Kier molecular flexibility index (Phi) is 3.80. The second kappa shape index (κ2) is 5.36. The molecule has 0 saturated carbocycles. The van der Waals surface area contributed by atoms with Gasteiger partial charge in [-0.15, -0.1) is 11.3 Å². The van der Waals surface area contributed by atoms with E-state index in [2.05, 4.69) is 10.3 Å². The fourth-order valence-corrected chi connectivity index (χ4v) is 2.52. The van der Waals surface area contributed by atoms with Crippen molar-refractivity contribution in [2.45, 2.75) is 20.4 Å². The predicted molar refractivity (Wildman–Crippen MR) is 70.8 cm³/mol. The average Bonchev–Trinajstić information content (AvgIpc) is 2.65. The first kappa shape index (κ1) is 13.5. The second-order valence-corrected chi connectivity index (χ2v) is 5.49. The number of halogens is 1. The smallest absolute Gasteiger partial charge is 0.254 e. The van der Waals surface area contributed by atoms with Crippen LogP contribution < -0.4 is 5.32 Å². The van der Waals surface area contributed by atoms with Crippen molar-refractivity contribution in [2.75, 3.05) is 0 Å². The van der Waals surface area contributed by atoms with Crippen LogP contribution in [-0.2, 0) is 6.54 Å². The summed E-state index contributed by atoms with van der Waals surface area (Å²) in [6.07, 6.45) is 0. The molecule has 1 amide bonds. The molecule has 1 aromatic carbocycles. The van der Waals surface area contributed by atoms with Crippen molar-refractivity contribution >= 4 is 17.2 Å². The highest BCUT2D eigenvalue weighted by molar-refractivity contribution is 7.11. The number of carbonyl (C=O) groups is 1. The third kappa shape index (κ3) is 3.08. The van der Waals surface area contributed by atoms with E-state index in [1.54, 1.807) is 11.3 Å². The Hall–Kier alpha value is -1.95. The monoisotopic (exact) mass is 280 g/mol. The van der Waals surface area contributed by atoms with E-state index in [1.807, 2.05) is 13.8 Å². The molecular weight excluding hydrogens is 267 g/mol. The Morgan fingerprint density at radius 2 is 2.21 bits per heavy atom. The number of nitrogens with zero attached hydrogens (tertiary/aromatic N) is 1. The minimum atomic E-state index is -0.747. The molecular formula is C13H13FN2O2S. The van der Waals surface area contributed by atoms with E-state index in [9.17, 15) is 9.18 Å². The van der Waals surface area contributed by atoms with Gasteiger partial charge in [-0.2, -0.15) is 0 Å². The average molecular weight is 280 g/mol. The molecule has 0 saturated heterocycles. The summed E-state index contributed by atoms with van der Waals surface area (Å²) in [7, 11) is 0. The number of hydrogen-bond acceptors (Lipinski definition) is 4. The van der Waals surface area contributed by atoms with E-state index in [4.69, 9.17) is 5.11 Å². The normalized spacial score (nSPS) is 10.5. The highest BCUT2D eigenvalue weighted by atomic mass is 32.1. The van der Waals surface area contributed by atoms with Gasteiger partial charge < -0.3 is 10.4 Å². The molecule has 0 spiro atoms. The van der Waals surface area contributed by atoms with E-state index < -0.39 is 11.7 Å². The fourth-order valence-electron chi connectivity index (χ4n) is 1.68. The van der Waals surface area contributed by atoms with Crippen molar-refractivity contribution in [2.24, 2.45) is 0 Å². The summed E-state index contributed by atoms with van der Waals surface area (Å²) in [4.78, 5) is 17.1. The van der Waals surface area contributed by atoms with Gasteiger partial charge in [0.05, 0.1) is 22.8 Å². The Morgan fingerprint density at radius 3 is 2.79 bits per heavy atom. The first-order valence-corrected chi connectivity index (χ1v) is 6.48. The molecule has 1 aromatic heterocycles. The molecule has 0 atom stereocenters. The topological polar surface area (TPSA) is 62.2 Å². The third-order valence-electron chi connectivity index (χ3n) is 2.61. The molecule has 2 aromatic rings. The number of aryl methyl sites for hydroxylation is 2. The molecule has 0 fully saturated rings. The number of carbonyl (C=O) groups excluding carboxylic acids is 1. The molecule has 100 valence electrons. The molecule has 0 aliphatic heterocycles. The number of nitrogens with one attached hydrogen (secondary N) is 1. The highest BCUT2D eigenvalue weighted by Gasteiger charge is 2.13. The summed E-state index contributed by atoms with van der Waals surface area (Å²) in [5.41, 5.74) is 0.692. The van der Waals surface area contributed by atoms with Crippen molar-refractivity contribution in [3.63, 3.8) is 0 Å². The van der Waals surface area contributed by atoms with Crippen LogP contribution in [0.25, 0.3) is 0 Å². The van der Waals surface area contributed by atoms with Gasteiger partial charge in [0.1, 0.15) is 11.6 Å². The maximum absolute atomic E-state index is 13.5. The molecule has 0 aliphatic carbocycles. The van der Waals surface area contributed by atoms with E-state index in [0.717, 1.165) is 21.6 Å². The minimum absolute atomic E-state index is 0.0950. The van der Waals surface area contributed by atoms with Crippen LogP contribution in [-0.4, -0.2) is 16.0 Å². The molecule has 1 heterocycles. The van der Waals surface area contributed by atoms with E-state index in [1.165, 1.54) is 12.1 Å². The number of hydrogen-bond donors (Lipinski definition) is 2. The first-order chi connectivity index (χ1) is 8.97. The predicted octanol–water partition coefficient (Wildman–Crippen LogP) is 2.53. The van der Waals surface area contributed by atoms with Gasteiger partial charge in [-0.3, -0.25) is 4.79 Å². The van der Waals surface area contributed by atoms with Gasteiger partial charge in [0.2, 0.25) is 0 Å². The van der Waals surface area contributed by atoms with Crippen LogP contribution in [0.2, 0.25) is 0 Å². The Morgan fingerprint density at radius 1 is 1.47 bits per heavy atom. The van der Waals surface area contributed by atoms with Crippen LogP contribution in [0.1, 0.15) is 25.9 Å². The quantitative estimate of drug-likeness (QED) is 0.908. The van der Waals surface area contributed by atoms with Crippen molar-refractivity contribution in [1.29, 1.82) is 0 Å². The van der Waals surface area contributed by atoms with Crippen molar-refractivity contribution in [1.82, 2.24) is 10.3 Å². The second-order valence-electron chi connectivity index (χ2n) is 4.08. The summed E-state index contributed by atoms with van der Waals surface area (Å²) in [5, 5.41) is 12.6. The number of amides is 1. The lowest BCUT2D eigenvalue weighted by Gasteiger charge is -2.05. The van der Waals surface area contributed by atoms with E-state index in [0.29, 0.717) is 0 Å². The number of phenolic OH excluding ortho intramolecular Hbond substituents is 1. The summed E-state index contributed by atoms with van der Waals surface area (Å²) in [6.45, 7) is 4.07. The number of aromatic hydroxyl groups is 1. The van der Waals surface area contributed by atoms with Gasteiger partial charge in [0.25, 0.3) is 5.91 Å². The Balaban J connectivity index is 2.07. The summed E-state index contributed by atoms with van der Waals surface area (Å²) in [5.74, 6) is -1.48. The minimum Gasteiger partial charge on any atom is -0.508 e. The van der Waals surface area contributed by atoms with Crippen LogP contribution in [0, 0.1) is 19.7 Å². The summed E-state index contributed by atoms with van der Waals surface area (Å²) < 4.78 is 13.5. The molecule has 2 rings (SSSR count). The number of thiazole rings is 1. The van der Waals surface area contributed by atoms with Gasteiger partial charge in [-0.25, -0.2) is 9.37 Å². The molecule has 6 heteroatoms. The van der Waals surface area contributed by atoms with Crippen molar-refractivity contribution in [3.8, 4) is 5.75 Å². The SMILES string of the molecule is Cc1nc(CNC(=O)c2ccc(O)cc2F)c(C)s1. The third-order valence-corrected chi connectivity index (χ3v) is 3.54. The lowest BCUT2D eigenvalue weighted by atomic mass is 10.2. The highest BCUT2D eigenvalue weighted by Crippen LogP contribution is 2.17.